The molecule has 0 spiro atoms. The molecule has 3 aromatic rings. The van der Waals surface area contributed by atoms with Gasteiger partial charge in [-0.15, -0.1) is 0 Å². The maximum atomic E-state index is 6.39. The largest absolute Gasteiger partial charge is 0.490 e. The lowest BCUT2D eigenvalue weighted by Gasteiger charge is -2.29. The SMILES string of the molecule is CCOc1ccccc1OCC1COC(Cn2ccnc2)(c2ccc(Cl)cc2)O1. The molecule has 1 aliphatic rings. The number of nitrogens with zero attached hydrogens (tertiary/aromatic N) is 2. The fourth-order valence-electron chi connectivity index (χ4n) is 3.32. The van der Waals surface area contributed by atoms with Crippen molar-refractivity contribution in [3.63, 3.8) is 0 Å². The van der Waals surface area contributed by atoms with Gasteiger partial charge >= 0.3 is 0 Å². The molecule has 2 unspecified atom stereocenters. The molecule has 0 N–H and O–H groups in total. The molecule has 0 saturated carbocycles. The lowest BCUT2D eigenvalue weighted by molar-refractivity contribution is -0.189. The molecule has 152 valence electrons. The molecule has 0 amide bonds. The Labute approximate surface area is 174 Å². The predicted molar refractivity (Wildman–Crippen MR) is 109 cm³/mol. The van der Waals surface area contributed by atoms with E-state index >= 15 is 0 Å². The number of para-hydroxylation sites is 2. The van der Waals surface area contributed by atoms with Crippen molar-refractivity contribution in [2.75, 3.05) is 19.8 Å². The number of imidazole rings is 1. The zero-order valence-electron chi connectivity index (χ0n) is 16.2. The summed E-state index contributed by atoms with van der Waals surface area (Å²) in [6.45, 7) is 3.76. The van der Waals surface area contributed by atoms with Gasteiger partial charge in [0.2, 0.25) is 5.79 Å². The molecule has 1 fully saturated rings. The lowest BCUT2D eigenvalue weighted by atomic mass is 10.1. The van der Waals surface area contributed by atoms with Crippen molar-refractivity contribution in [3.05, 3.63) is 77.8 Å². The van der Waals surface area contributed by atoms with Crippen LogP contribution in [0.1, 0.15) is 12.5 Å². The highest BCUT2D eigenvalue weighted by atomic mass is 35.5. The average Bonchev–Trinajstić information content (AvgIpc) is 3.39. The molecule has 1 aliphatic heterocycles. The van der Waals surface area contributed by atoms with E-state index in [0.29, 0.717) is 37.1 Å². The van der Waals surface area contributed by atoms with Crippen LogP contribution in [0.4, 0.5) is 0 Å². The number of halogens is 1. The summed E-state index contributed by atoms with van der Waals surface area (Å²) in [5.41, 5.74) is 0.896. The second-order valence-corrected chi connectivity index (χ2v) is 7.17. The topological polar surface area (TPSA) is 54.7 Å². The van der Waals surface area contributed by atoms with E-state index in [4.69, 9.17) is 30.5 Å². The Morgan fingerprint density at radius 1 is 1.14 bits per heavy atom. The summed E-state index contributed by atoms with van der Waals surface area (Å²) in [5, 5.41) is 0.664. The monoisotopic (exact) mass is 414 g/mol. The molecule has 2 atom stereocenters. The molecule has 29 heavy (non-hydrogen) atoms. The van der Waals surface area contributed by atoms with Crippen molar-refractivity contribution >= 4 is 11.6 Å². The first-order valence-corrected chi connectivity index (χ1v) is 9.94. The highest BCUT2D eigenvalue weighted by Crippen LogP contribution is 2.37. The maximum Gasteiger partial charge on any atom is 0.214 e. The predicted octanol–water partition coefficient (Wildman–Crippen LogP) is 4.28. The van der Waals surface area contributed by atoms with Gasteiger partial charge in [-0.3, -0.25) is 0 Å². The highest BCUT2D eigenvalue weighted by Gasteiger charge is 2.44. The number of ether oxygens (including phenoxy) is 4. The minimum atomic E-state index is -0.932. The van der Waals surface area contributed by atoms with Gasteiger partial charge in [-0.2, -0.15) is 0 Å². The molecule has 0 radical (unpaired) electrons. The van der Waals surface area contributed by atoms with Gasteiger partial charge in [0.25, 0.3) is 0 Å². The van der Waals surface area contributed by atoms with E-state index in [1.54, 1.807) is 12.5 Å². The summed E-state index contributed by atoms with van der Waals surface area (Å²) < 4.78 is 26.1. The quantitative estimate of drug-likeness (QED) is 0.550. The zero-order valence-corrected chi connectivity index (χ0v) is 16.9. The van der Waals surface area contributed by atoms with Gasteiger partial charge in [0.15, 0.2) is 11.5 Å². The lowest BCUT2D eigenvalue weighted by Crippen LogP contribution is -2.34. The Kier molecular flexibility index (Phi) is 6.04. The second-order valence-electron chi connectivity index (χ2n) is 6.74. The molecular weight excluding hydrogens is 392 g/mol. The third-order valence-corrected chi connectivity index (χ3v) is 4.92. The van der Waals surface area contributed by atoms with Crippen LogP contribution in [0.2, 0.25) is 5.02 Å². The molecule has 7 heteroatoms. The van der Waals surface area contributed by atoms with E-state index in [-0.39, 0.29) is 6.10 Å². The van der Waals surface area contributed by atoms with Crippen LogP contribution < -0.4 is 9.47 Å². The van der Waals surface area contributed by atoms with Gasteiger partial charge < -0.3 is 23.5 Å². The fourth-order valence-corrected chi connectivity index (χ4v) is 3.45. The van der Waals surface area contributed by atoms with Crippen molar-refractivity contribution in [3.8, 4) is 11.5 Å². The van der Waals surface area contributed by atoms with E-state index in [0.717, 1.165) is 11.3 Å². The zero-order chi connectivity index (χ0) is 20.1. The number of hydrogen-bond donors (Lipinski definition) is 0. The summed E-state index contributed by atoms with van der Waals surface area (Å²) in [4.78, 5) is 4.12. The highest BCUT2D eigenvalue weighted by molar-refractivity contribution is 6.30. The van der Waals surface area contributed by atoms with Gasteiger partial charge in [0.1, 0.15) is 12.7 Å². The summed E-state index contributed by atoms with van der Waals surface area (Å²) >= 11 is 6.06. The summed E-state index contributed by atoms with van der Waals surface area (Å²) in [6, 6.07) is 15.1. The third kappa shape index (κ3) is 4.56. The van der Waals surface area contributed by atoms with E-state index in [1.165, 1.54) is 0 Å². The molecule has 0 bridgehead atoms. The third-order valence-electron chi connectivity index (χ3n) is 4.67. The van der Waals surface area contributed by atoms with Crippen molar-refractivity contribution in [2.45, 2.75) is 25.4 Å². The maximum absolute atomic E-state index is 6.39. The van der Waals surface area contributed by atoms with Crippen molar-refractivity contribution in [2.24, 2.45) is 0 Å². The molecule has 2 heterocycles. The average molecular weight is 415 g/mol. The van der Waals surface area contributed by atoms with E-state index in [2.05, 4.69) is 4.98 Å². The van der Waals surface area contributed by atoms with Crippen LogP contribution in [0.15, 0.2) is 67.3 Å². The van der Waals surface area contributed by atoms with E-state index in [1.807, 2.05) is 66.2 Å². The number of aromatic nitrogens is 2. The molecule has 6 nitrogen and oxygen atoms in total. The first-order chi connectivity index (χ1) is 14.2. The van der Waals surface area contributed by atoms with Gasteiger partial charge in [0, 0.05) is 23.0 Å². The van der Waals surface area contributed by atoms with Gasteiger partial charge in [-0.1, -0.05) is 35.9 Å². The van der Waals surface area contributed by atoms with Crippen molar-refractivity contribution < 1.29 is 18.9 Å². The molecule has 1 saturated heterocycles. The Morgan fingerprint density at radius 3 is 2.59 bits per heavy atom. The molecule has 0 aliphatic carbocycles. The van der Waals surface area contributed by atoms with Gasteiger partial charge in [0.05, 0.1) is 26.1 Å². The number of rotatable bonds is 8. The molecular formula is C22H23ClN2O4. The minimum absolute atomic E-state index is 0.233. The normalized spacial score (nSPS) is 21.2. The van der Waals surface area contributed by atoms with Crippen LogP contribution in [0.25, 0.3) is 0 Å². The first-order valence-electron chi connectivity index (χ1n) is 9.57. The standard InChI is InChI=1S/C22H23ClN2O4/c1-2-26-20-5-3-4-6-21(20)27-13-19-14-28-22(29-19,15-25-12-11-24-16-25)17-7-9-18(23)10-8-17/h3-12,16,19H,2,13-15H2,1H3. The van der Waals surface area contributed by atoms with Crippen molar-refractivity contribution in [1.82, 2.24) is 9.55 Å². The smallest absolute Gasteiger partial charge is 0.214 e. The van der Waals surface area contributed by atoms with E-state index in [9.17, 15) is 0 Å². The summed E-state index contributed by atoms with van der Waals surface area (Å²) in [6.07, 6.45) is 5.12. The Hall–Kier alpha value is -2.54. The second kappa shape index (κ2) is 8.86. The molecule has 4 rings (SSSR count). The van der Waals surface area contributed by atoms with E-state index < -0.39 is 5.79 Å². The van der Waals surface area contributed by atoms with Crippen LogP contribution in [0.3, 0.4) is 0 Å². The van der Waals surface area contributed by atoms with Crippen LogP contribution in [0.5, 0.6) is 11.5 Å². The Bertz CT molecular complexity index is 917. The fraction of sp³-hybridized carbons (Fsp3) is 0.318. The number of hydrogen-bond acceptors (Lipinski definition) is 5. The minimum Gasteiger partial charge on any atom is -0.490 e. The summed E-state index contributed by atoms with van der Waals surface area (Å²) in [5.74, 6) is 0.478. The first kappa shape index (κ1) is 19.8. The van der Waals surface area contributed by atoms with Crippen LogP contribution >= 0.6 is 11.6 Å². The van der Waals surface area contributed by atoms with Gasteiger partial charge in [-0.05, 0) is 31.2 Å². The van der Waals surface area contributed by atoms with Crippen LogP contribution in [0, 0.1) is 0 Å². The van der Waals surface area contributed by atoms with Gasteiger partial charge in [-0.25, -0.2) is 4.98 Å². The summed E-state index contributed by atoms with van der Waals surface area (Å²) in [7, 11) is 0. The molecule has 2 aromatic carbocycles. The Morgan fingerprint density at radius 2 is 1.90 bits per heavy atom. The van der Waals surface area contributed by atoms with Crippen molar-refractivity contribution in [1.29, 1.82) is 0 Å². The number of benzene rings is 2. The molecule has 1 aromatic heterocycles. The van der Waals surface area contributed by atoms with Crippen LogP contribution in [-0.4, -0.2) is 35.5 Å². The van der Waals surface area contributed by atoms with Crippen LogP contribution in [-0.2, 0) is 21.8 Å². The Balaban J connectivity index is 1.49.